The van der Waals surface area contributed by atoms with Crippen molar-refractivity contribution in [2.75, 3.05) is 32.7 Å². The zero-order chi connectivity index (χ0) is 22.8. The highest BCUT2D eigenvalue weighted by molar-refractivity contribution is 9.10. The number of hydrogen-bond acceptors (Lipinski definition) is 7. The third-order valence-corrected chi connectivity index (χ3v) is 6.92. The van der Waals surface area contributed by atoms with E-state index in [-0.39, 0.29) is 11.9 Å². The van der Waals surface area contributed by atoms with Crippen LogP contribution in [0.1, 0.15) is 27.0 Å². The number of fused-ring (bicyclic) bond motifs is 1. The molecule has 0 N–H and O–H groups in total. The van der Waals surface area contributed by atoms with Gasteiger partial charge in [0.05, 0.1) is 17.7 Å². The summed E-state index contributed by atoms with van der Waals surface area (Å²) < 4.78 is 7.52. The number of cyclic esters (lactones) is 1. The fraction of sp³-hybridized carbons (Fsp3) is 0.348. The molecule has 9 nitrogen and oxygen atoms in total. The fourth-order valence-electron chi connectivity index (χ4n) is 4.23. The minimum absolute atomic E-state index is 0.133. The molecule has 10 heteroatoms. The van der Waals surface area contributed by atoms with E-state index >= 15 is 0 Å². The lowest BCUT2D eigenvalue weighted by molar-refractivity contribution is -0.132. The number of amides is 1. The molecule has 0 bridgehead atoms. The Morgan fingerprint density at radius 2 is 1.94 bits per heavy atom. The summed E-state index contributed by atoms with van der Waals surface area (Å²) in [7, 11) is 0. The Bertz CT molecular complexity index is 1170. The van der Waals surface area contributed by atoms with Gasteiger partial charge in [-0.3, -0.25) is 9.69 Å². The summed E-state index contributed by atoms with van der Waals surface area (Å²) >= 11 is 3.57. The average molecular weight is 511 g/mol. The molecule has 0 atom stereocenters. The number of esters is 1. The van der Waals surface area contributed by atoms with E-state index in [0.29, 0.717) is 18.6 Å². The lowest BCUT2D eigenvalue weighted by Gasteiger charge is -2.35. The Labute approximate surface area is 199 Å². The van der Waals surface area contributed by atoms with Crippen LogP contribution in [-0.4, -0.2) is 74.6 Å². The van der Waals surface area contributed by atoms with Gasteiger partial charge in [-0.1, -0.05) is 34.1 Å². The van der Waals surface area contributed by atoms with Crippen molar-refractivity contribution < 1.29 is 14.3 Å². The normalized spacial score (nSPS) is 16.0. The van der Waals surface area contributed by atoms with Gasteiger partial charge in [-0.2, -0.15) is 0 Å². The van der Waals surface area contributed by atoms with Gasteiger partial charge < -0.3 is 9.64 Å². The van der Waals surface area contributed by atoms with Crippen molar-refractivity contribution in [1.29, 1.82) is 0 Å². The summed E-state index contributed by atoms with van der Waals surface area (Å²) in [5.41, 5.74) is 4.64. The predicted octanol–water partition coefficient (Wildman–Crippen LogP) is 2.02. The SMILES string of the molecule is O=C1OCc2cc(CCN3CCN(C(=O)Cc4ccc(-n5cnnn5)cc4Br)CC3)ccc21. The standard InChI is InChI=1S/C23H23BrN6O3/c24-21-13-19(30-15-25-26-27-30)3-2-17(21)12-22(31)29-9-7-28(8-10-29)6-5-16-1-4-20-18(11-16)14-33-23(20)32/h1-4,11,13,15H,5-10,12,14H2. The Kier molecular flexibility index (Phi) is 6.19. The van der Waals surface area contributed by atoms with Gasteiger partial charge in [-0.15, -0.1) is 5.10 Å². The van der Waals surface area contributed by atoms with Gasteiger partial charge in [0.1, 0.15) is 12.9 Å². The second-order valence-corrected chi connectivity index (χ2v) is 9.10. The Morgan fingerprint density at radius 3 is 2.70 bits per heavy atom. The first-order valence-electron chi connectivity index (χ1n) is 10.9. The zero-order valence-electron chi connectivity index (χ0n) is 18.0. The van der Waals surface area contributed by atoms with Crippen LogP contribution >= 0.6 is 15.9 Å². The van der Waals surface area contributed by atoms with Crippen molar-refractivity contribution in [2.24, 2.45) is 0 Å². The zero-order valence-corrected chi connectivity index (χ0v) is 19.6. The predicted molar refractivity (Wildman–Crippen MR) is 123 cm³/mol. The number of hydrogen-bond donors (Lipinski definition) is 0. The highest BCUT2D eigenvalue weighted by Gasteiger charge is 2.23. The molecule has 2 aromatic carbocycles. The van der Waals surface area contributed by atoms with E-state index in [1.54, 1.807) is 4.68 Å². The lowest BCUT2D eigenvalue weighted by atomic mass is 10.0. The minimum atomic E-state index is -0.229. The van der Waals surface area contributed by atoms with E-state index < -0.39 is 0 Å². The van der Waals surface area contributed by atoms with Crippen LogP contribution in [-0.2, 0) is 29.0 Å². The first-order valence-corrected chi connectivity index (χ1v) is 11.7. The molecular formula is C23H23BrN6O3. The molecule has 0 radical (unpaired) electrons. The molecule has 0 unspecified atom stereocenters. The molecule has 0 spiro atoms. The van der Waals surface area contributed by atoms with E-state index in [0.717, 1.165) is 60.4 Å². The first-order chi connectivity index (χ1) is 16.1. The molecule has 1 aromatic heterocycles. The van der Waals surface area contributed by atoms with Crippen LogP contribution in [0.3, 0.4) is 0 Å². The van der Waals surface area contributed by atoms with Crippen LogP contribution in [0.15, 0.2) is 47.2 Å². The van der Waals surface area contributed by atoms with Gasteiger partial charge in [0.2, 0.25) is 5.91 Å². The molecule has 3 aromatic rings. The van der Waals surface area contributed by atoms with Crippen LogP contribution < -0.4 is 0 Å². The third-order valence-electron chi connectivity index (χ3n) is 6.18. The van der Waals surface area contributed by atoms with E-state index in [1.165, 1.54) is 11.9 Å². The summed E-state index contributed by atoms with van der Waals surface area (Å²) in [4.78, 5) is 28.8. The van der Waals surface area contributed by atoms with Gasteiger partial charge in [-0.25, -0.2) is 9.48 Å². The molecule has 1 fully saturated rings. The van der Waals surface area contributed by atoms with E-state index in [1.807, 2.05) is 35.2 Å². The molecule has 3 heterocycles. The maximum absolute atomic E-state index is 12.9. The number of aromatic nitrogens is 4. The molecule has 170 valence electrons. The van der Waals surface area contributed by atoms with E-state index in [4.69, 9.17) is 4.74 Å². The number of ether oxygens (including phenoxy) is 1. The van der Waals surface area contributed by atoms with Crippen molar-refractivity contribution in [3.05, 3.63) is 69.5 Å². The van der Waals surface area contributed by atoms with Crippen LogP contribution in [0.5, 0.6) is 0 Å². The molecule has 1 saturated heterocycles. The summed E-state index contributed by atoms with van der Waals surface area (Å²) in [5, 5.41) is 11.2. The number of halogens is 1. The van der Waals surface area contributed by atoms with Gasteiger partial charge in [0.25, 0.3) is 0 Å². The maximum atomic E-state index is 12.9. The number of benzene rings is 2. The number of rotatable bonds is 6. The van der Waals surface area contributed by atoms with Crippen LogP contribution in [0.2, 0.25) is 0 Å². The first kappa shape index (κ1) is 21.7. The molecule has 2 aliphatic rings. The van der Waals surface area contributed by atoms with Crippen molar-refractivity contribution in [3.8, 4) is 5.69 Å². The fourth-order valence-corrected chi connectivity index (χ4v) is 4.73. The van der Waals surface area contributed by atoms with Gasteiger partial charge >= 0.3 is 5.97 Å². The molecular weight excluding hydrogens is 488 g/mol. The monoisotopic (exact) mass is 510 g/mol. The Balaban J connectivity index is 1.11. The van der Waals surface area contributed by atoms with Gasteiger partial charge in [-0.05, 0) is 46.2 Å². The summed E-state index contributed by atoms with van der Waals surface area (Å²) in [5.74, 6) is -0.0957. The highest BCUT2D eigenvalue weighted by Crippen LogP contribution is 2.23. The number of carbonyl (C=O) groups is 2. The van der Waals surface area contributed by atoms with Crippen LogP contribution in [0, 0.1) is 0 Å². The van der Waals surface area contributed by atoms with Gasteiger partial charge in [0, 0.05) is 42.8 Å². The van der Waals surface area contributed by atoms with Gasteiger partial charge in [0.15, 0.2) is 0 Å². The van der Waals surface area contributed by atoms with Crippen molar-refractivity contribution in [1.82, 2.24) is 30.0 Å². The van der Waals surface area contributed by atoms with Crippen molar-refractivity contribution in [3.63, 3.8) is 0 Å². The third kappa shape index (κ3) is 4.81. The number of piperazine rings is 1. The van der Waals surface area contributed by atoms with E-state index in [2.05, 4.69) is 42.4 Å². The van der Waals surface area contributed by atoms with Crippen molar-refractivity contribution in [2.45, 2.75) is 19.4 Å². The molecule has 0 aliphatic carbocycles. The van der Waals surface area contributed by atoms with Crippen molar-refractivity contribution >= 4 is 27.8 Å². The van der Waals surface area contributed by atoms with Crippen LogP contribution in [0.4, 0.5) is 0 Å². The lowest BCUT2D eigenvalue weighted by Crippen LogP contribution is -2.49. The quantitative estimate of drug-likeness (QED) is 0.468. The van der Waals surface area contributed by atoms with E-state index in [9.17, 15) is 9.59 Å². The molecule has 33 heavy (non-hydrogen) atoms. The minimum Gasteiger partial charge on any atom is -0.457 e. The second kappa shape index (κ2) is 9.40. The average Bonchev–Trinajstić information content (AvgIpc) is 3.50. The number of carbonyl (C=O) groups excluding carboxylic acids is 2. The second-order valence-electron chi connectivity index (χ2n) is 8.25. The topological polar surface area (TPSA) is 93.5 Å². The molecule has 5 rings (SSSR count). The highest BCUT2D eigenvalue weighted by atomic mass is 79.9. The number of tetrazole rings is 1. The maximum Gasteiger partial charge on any atom is 0.338 e. The molecule has 0 saturated carbocycles. The Hall–Kier alpha value is -3.11. The molecule has 1 amide bonds. The Morgan fingerprint density at radius 1 is 1.09 bits per heavy atom. The molecule has 2 aliphatic heterocycles. The largest absolute Gasteiger partial charge is 0.457 e. The van der Waals surface area contributed by atoms with Crippen LogP contribution in [0.25, 0.3) is 5.69 Å². The summed E-state index contributed by atoms with van der Waals surface area (Å²) in [6.07, 6.45) is 2.80. The summed E-state index contributed by atoms with van der Waals surface area (Å²) in [6.45, 7) is 4.48. The number of nitrogens with zero attached hydrogens (tertiary/aromatic N) is 6. The smallest absolute Gasteiger partial charge is 0.338 e. The summed E-state index contributed by atoms with van der Waals surface area (Å²) in [6, 6.07) is 11.7.